The first kappa shape index (κ1) is 8.52. The monoisotopic (exact) mass is 184 g/mol. The van der Waals surface area contributed by atoms with Gasteiger partial charge in [0.1, 0.15) is 5.82 Å². The van der Waals surface area contributed by atoms with Crippen LogP contribution < -0.4 is 5.56 Å². The van der Waals surface area contributed by atoms with Gasteiger partial charge in [-0.2, -0.15) is 0 Å². The Morgan fingerprint density at radius 2 is 2.21 bits per heavy atom. The molecule has 14 heavy (non-hydrogen) atoms. The maximum Gasteiger partial charge on any atom is 0.258 e. The van der Waals surface area contributed by atoms with Gasteiger partial charge in [0, 0.05) is 0 Å². The molecule has 0 saturated carbocycles. The van der Waals surface area contributed by atoms with Gasteiger partial charge in [-0.15, -0.1) is 6.42 Å². The highest BCUT2D eigenvalue weighted by molar-refractivity contribution is 5.77. The Hall–Kier alpha value is -2.08. The van der Waals surface area contributed by atoms with E-state index in [0.717, 1.165) is 0 Å². The first-order valence-corrected chi connectivity index (χ1v) is 4.22. The fourth-order valence-electron chi connectivity index (χ4n) is 1.32. The van der Waals surface area contributed by atoms with E-state index in [0.29, 0.717) is 23.1 Å². The van der Waals surface area contributed by atoms with Crippen LogP contribution in [0.1, 0.15) is 5.82 Å². The molecular formula is C11H8N2O. The maximum absolute atomic E-state index is 11.5. The van der Waals surface area contributed by atoms with Gasteiger partial charge in [-0.1, -0.05) is 18.1 Å². The number of benzene rings is 1. The summed E-state index contributed by atoms with van der Waals surface area (Å²) >= 11 is 0. The van der Waals surface area contributed by atoms with E-state index in [1.54, 1.807) is 18.2 Å². The maximum atomic E-state index is 11.5. The molecule has 1 N–H and O–H groups in total. The van der Waals surface area contributed by atoms with Crippen molar-refractivity contribution in [3.8, 4) is 12.3 Å². The van der Waals surface area contributed by atoms with Gasteiger partial charge in [0.2, 0.25) is 0 Å². The van der Waals surface area contributed by atoms with Gasteiger partial charge < -0.3 is 4.98 Å². The van der Waals surface area contributed by atoms with Gasteiger partial charge >= 0.3 is 0 Å². The lowest BCUT2D eigenvalue weighted by Gasteiger charge is -1.98. The summed E-state index contributed by atoms with van der Waals surface area (Å²) in [5.74, 6) is 2.98. The molecule has 0 bridgehead atoms. The number of nitrogens with zero attached hydrogens (tertiary/aromatic N) is 1. The van der Waals surface area contributed by atoms with Crippen molar-refractivity contribution in [3.05, 3.63) is 40.4 Å². The van der Waals surface area contributed by atoms with Crippen LogP contribution in [0.5, 0.6) is 0 Å². The minimum absolute atomic E-state index is 0.138. The van der Waals surface area contributed by atoms with E-state index in [1.807, 2.05) is 6.07 Å². The predicted octanol–water partition coefficient (Wildman–Crippen LogP) is 1.10. The summed E-state index contributed by atoms with van der Waals surface area (Å²) in [6.45, 7) is 0. The quantitative estimate of drug-likeness (QED) is 0.674. The molecule has 0 unspecified atom stereocenters. The van der Waals surface area contributed by atoms with Gasteiger partial charge in [0.15, 0.2) is 0 Å². The highest BCUT2D eigenvalue weighted by atomic mass is 16.1. The molecule has 0 amide bonds. The predicted molar refractivity (Wildman–Crippen MR) is 54.9 cm³/mol. The van der Waals surface area contributed by atoms with Crippen LogP contribution in [0.15, 0.2) is 29.1 Å². The van der Waals surface area contributed by atoms with Crippen molar-refractivity contribution >= 4 is 10.9 Å². The van der Waals surface area contributed by atoms with Crippen molar-refractivity contribution in [2.75, 3.05) is 0 Å². The Morgan fingerprint density at radius 1 is 1.43 bits per heavy atom. The SMILES string of the molecule is C#CCc1nc2ccccc2c(=O)[nH]1. The Labute approximate surface area is 80.8 Å². The van der Waals surface area contributed by atoms with Gasteiger partial charge in [0.05, 0.1) is 17.3 Å². The van der Waals surface area contributed by atoms with Crippen LogP contribution in [0, 0.1) is 12.3 Å². The zero-order chi connectivity index (χ0) is 9.97. The highest BCUT2D eigenvalue weighted by Gasteiger charge is 2.00. The summed E-state index contributed by atoms with van der Waals surface area (Å²) in [7, 11) is 0. The van der Waals surface area contributed by atoms with Crippen molar-refractivity contribution in [3.63, 3.8) is 0 Å². The minimum Gasteiger partial charge on any atom is -0.309 e. The molecule has 0 aliphatic heterocycles. The topological polar surface area (TPSA) is 45.8 Å². The van der Waals surface area contributed by atoms with Crippen LogP contribution in [0.25, 0.3) is 10.9 Å². The summed E-state index contributed by atoms with van der Waals surface area (Å²) in [5.41, 5.74) is 0.544. The molecule has 2 aromatic rings. The summed E-state index contributed by atoms with van der Waals surface area (Å²) in [6.07, 6.45) is 5.49. The lowest BCUT2D eigenvalue weighted by Crippen LogP contribution is -2.11. The number of aromatic nitrogens is 2. The smallest absolute Gasteiger partial charge is 0.258 e. The van der Waals surface area contributed by atoms with Crippen LogP contribution in [0.2, 0.25) is 0 Å². The second-order valence-corrected chi connectivity index (χ2v) is 2.91. The van der Waals surface area contributed by atoms with Gasteiger partial charge in [0.25, 0.3) is 5.56 Å². The second kappa shape index (κ2) is 3.35. The molecule has 0 aliphatic rings. The molecule has 0 fully saturated rings. The summed E-state index contributed by atoms with van der Waals surface area (Å²) in [6, 6.07) is 7.18. The lowest BCUT2D eigenvalue weighted by molar-refractivity contribution is 1.01. The number of fused-ring (bicyclic) bond motifs is 1. The average molecular weight is 184 g/mol. The Kier molecular flexibility index (Phi) is 2.04. The number of rotatable bonds is 1. The van der Waals surface area contributed by atoms with E-state index < -0.39 is 0 Å². The van der Waals surface area contributed by atoms with Gasteiger partial charge in [-0.3, -0.25) is 4.79 Å². The number of aromatic amines is 1. The molecule has 3 heteroatoms. The molecule has 1 heterocycles. The summed E-state index contributed by atoms with van der Waals surface area (Å²) in [4.78, 5) is 18.4. The fraction of sp³-hybridized carbons (Fsp3) is 0.0909. The molecule has 0 aliphatic carbocycles. The minimum atomic E-state index is -0.138. The van der Waals surface area contributed by atoms with Crippen molar-refractivity contribution in [2.45, 2.75) is 6.42 Å². The lowest BCUT2D eigenvalue weighted by atomic mass is 10.2. The van der Waals surface area contributed by atoms with Crippen LogP contribution in [0.4, 0.5) is 0 Å². The van der Waals surface area contributed by atoms with Crippen molar-refractivity contribution in [2.24, 2.45) is 0 Å². The fourth-order valence-corrected chi connectivity index (χ4v) is 1.32. The standard InChI is InChI=1S/C11H8N2O/c1-2-5-10-12-9-7-4-3-6-8(9)11(14)13-10/h1,3-4,6-7H,5H2,(H,12,13,14). The normalized spacial score (nSPS) is 9.93. The molecular weight excluding hydrogens is 176 g/mol. The summed E-state index contributed by atoms with van der Waals surface area (Å²) < 4.78 is 0. The second-order valence-electron chi connectivity index (χ2n) is 2.91. The number of para-hydroxylation sites is 1. The Morgan fingerprint density at radius 3 is 3.00 bits per heavy atom. The molecule has 68 valence electrons. The zero-order valence-electron chi connectivity index (χ0n) is 7.45. The van der Waals surface area contributed by atoms with E-state index in [1.165, 1.54) is 0 Å². The number of nitrogens with one attached hydrogen (secondary N) is 1. The van der Waals surface area contributed by atoms with E-state index >= 15 is 0 Å². The number of hydrogen-bond donors (Lipinski definition) is 1. The molecule has 0 saturated heterocycles. The van der Waals surface area contributed by atoms with E-state index in [4.69, 9.17) is 6.42 Å². The summed E-state index contributed by atoms with van der Waals surface area (Å²) in [5, 5.41) is 0.591. The first-order chi connectivity index (χ1) is 6.81. The first-order valence-electron chi connectivity index (χ1n) is 4.22. The molecule has 1 aromatic carbocycles. The third-order valence-electron chi connectivity index (χ3n) is 1.93. The van der Waals surface area contributed by atoms with Crippen LogP contribution in [0.3, 0.4) is 0 Å². The highest BCUT2D eigenvalue weighted by Crippen LogP contribution is 2.05. The number of hydrogen-bond acceptors (Lipinski definition) is 2. The molecule has 0 radical (unpaired) electrons. The van der Waals surface area contributed by atoms with Crippen LogP contribution >= 0.6 is 0 Å². The van der Waals surface area contributed by atoms with E-state index in [-0.39, 0.29) is 5.56 Å². The van der Waals surface area contributed by atoms with Crippen LogP contribution in [-0.2, 0) is 6.42 Å². The molecule has 0 atom stereocenters. The van der Waals surface area contributed by atoms with Crippen LogP contribution in [-0.4, -0.2) is 9.97 Å². The van der Waals surface area contributed by atoms with Gasteiger partial charge in [-0.25, -0.2) is 4.98 Å². The third-order valence-corrected chi connectivity index (χ3v) is 1.93. The van der Waals surface area contributed by atoms with Crippen molar-refractivity contribution in [1.29, 1.82) is 0 Å². The van der Waals surface area contributed by atoms with Crippen molar-refractivity contribution < 1.29 is 0 Å². The number of H-pyrrole nitrogens is 1. The Balaban J connectivity index is 2.74. The van der Waals surface area contributed by atoms with E-state index in [2.05, 4.69) is 15.9 Å². The average Bonchev–Trinajstić information content (AvgIpc) is 2.18. The Bertz CT molecular complexity index is 563. The third kappa shape index (κ3) is 1.38. The number of terminal acetylenes is 1. The molecule has 0 spiro atoms. The largest absolute Gasteiger partial charge is 0.309 e. The molecule has 1 aromatic heterocycles. The van der Waals surface area contributed by atoms with Gasteiger partial charge in [-0.05, 0) is 12.1 Å². The van der Waals surface area contributed by atoms with Crippen molar-refractivity contribution in [1.82, 2.24) is 9.97 Å². The molecule has 3 nitrogen and oxygen atoms in total. The molecule has 2 rings (SSSR count). The zero-order valence-corrected chi connectivity index (χ0v) is 7.45. The van der Waals surface area contributed by atoms with E-state index in [9.17, 15) is 4.79 Å².